The molecule has 2 rings (SSSR count). The van der Waals surface area contributed by atoms with Gasteiger partial charge in [-0.1, -0.05) is 11.6 Å². The molecule has 3 N–H and O–H groups in total. The van der Waals surface area contributed by atoms with Crippen LogP contribution in [0.3, 0.4) is 0 Å². The van der Waals surface area contributed by atoms with Crippen LogP contribution in [0, 0.1) is 0 Å². The monoisotopic (exact) mass is 270 g/mol. The molecule has 0 amide bonds. The van der Waals surface area contributed by atoms with Gasteiger partial charge in [0.25, 0.3) is 0 Å². The Hall–Kier alpha value is -0.810. The van der Waals surface area contributed by atoms with Gasteiger partial charge in [-0.05, 0) is 36.6 Å². The minimum Gasteiger partial charge on any atom is -0.493 e. The number of fused-ring (bicyclic) bond motifs is 1. The van der Waals surface area contributed by atoms with E-state index in [0.717, 1.165) is 35.8 Å². The van der Waals surface area contributed by atoms with E-state index in [2.05, 4.69) is 5.43 Å². The zero-order chi connectivity index (χ0) is 13.0. The summed E-state index contributed by atoms with van der Waals surface area (Å²) in [6.07, 6.45) is 1.68. The summed E-state index contributed by atoms with van der Waals surface area (Å²) in [5.74, 6) is 6.51. The predicted molar refractivity (Wildman–Crippen MR) is 72.0 cm³/mol. The molecule has 18 heavy (non-hydrogen) atoms. The zero-order valence-corrected chi connectivity index (χ0v) is 11.3. The van der Waals surface area contributed by atoms with Gasteiger partial charge in [0.1, 0.15) is 5.75 Å². The lowest BCUT2D eigenvalue weighted by Crippen LogP contribution is -2.40. The topological polar surface area (TPSA) is 56.5 Å². The summed E-state index contributed by atoms with van der Waals surface area (Å²) in [5.41, 5.74) is 5.05. The van der Waals surface area contributed by atoms with E-state index in [1.54, 1.807) is 0 Å². The fourth-order valence-electron chi connectivity index (χ4n) is 2.19. The van der Waals surface area contributed by atoms with Crippen molar-refractivity contribution in [2.45, 2.75) is 25.8 Å². The first kappa shape index (κ1) is 13.6. The summed E-state index contributed by atoms with van der Waals surface area (Å²) in [5, 5.41) is 0.751. The molecule has 0 saturated heterocycles. The van der Waals surface area contributed by atoms with Gasteiger partial charge in [0.2, 0.25) is 0 Å². The van der Waals surface area contributed by atoms with E-state index in [1.807, 2.05) is 19.1 Å². The third kappa shape index (κ3) is 3.14. The molecule has 0 bridgehead atoms. The highest BCUT2D eigenvalue weighted by atomic mass is 35.5. The molecule has 0 fully saturated rings. The number of rotatable bonds is 6. The maximum absolute atomic E-state index is 6.12. The molecule has 0 radical (unpaired) electrons. The molecule has 4 nitrogen and oxygen atoms in total. The van der Waals surface area contributed by atoms with Crippen molar-refractivity contribution < 1.29 is 9.47 Å². The van der Waals surface area contributed by atoms with Crippen molar-refractivity contribution in [1.29, 1.82) is 0 Å². The van der Waals surface area contributed by atoms with E-state index in [0.29, 0.717) is 13.2 Å². The standard InChI is InChI=1S/C13H19ClN2O2/c1-2-17-8-12(16-15)7-10-6-11(14)5-9-3-4-18-13(9)10/h5-6,12,16H,2-4,7-8,15H2,1H3. The molecule has 0 spiro atoms. The second-order valence-electron chi connectivity index (χ2n) is 4.38. The van der Waals surface area contributed by atoms with Gasteiger partial charge in [0, 0.05) is 24.1 Å². The van der Waals surface area contributed by atoms with Gasteiger partial charge in [0.15, 0.2) is 0 Å². The fraction of sp³-hybridized carbons (Fsp3) is 0.538. The molecule has 1 aromatic rings. The van der Waals surface area contributed by atoms with E-state index in [1.165, 1.54) is 5.56 Å². The number of hydrogen-bond donors (Lipinski definition) is 2. The summed E-state index contributed by atoms with van der Waals surface area (Å²) in [4.78, 5) is 0. The number of hydrogen-bond acceptors (Lipinski definition) is 4. The Morgan fingerprint density at radius 3 is 3.11 bits per heavy atom. The number of hydrazine groups is 1. The van der Waals surface area contributed by atoms with Crippen molar-refractivity contribution in [2.24, 2.45) is 5.84 Å². The predicted octanol–water partition coefficient (Wildman–Crippen LogP) is 1.69. The Kier molecular flexibility index (Phi) is 4.83. The van der Waals surface area contributed by atoms with E-state index < -0.39 is 0 Å². The van der Waals surface area contributed by atoms with Gasteiger partial charge in [-0.3, -0.25) is 11.3 Å². The second kappa shape index (κ2) is 6.38. The van der Waals surface area contributed by atoms with E-state index in [4.69, 9.17) is 26.9 Å². The van der Waals surface area contributed by atoms with Crippen molar-refractivity contribution in [3.63, 3.8) is 0 Å². The summed E-state index contributed by atoms with van der Waals surface area (Å²) >= 11 is 6.12. The Balaban J connectivity index is 2.12. The van der Waals surface area contributed by atoms with Crippen LogP contribution in [-0.4, -0.2) is 25.9 Å². The number of halogens is 1. The third-order valence-electron chi connectivity index (χ3n) is 3.05. The number of nitrogens with two attached hydrogens (primary N) is 1. The maximum Gasteiger partial charge on any atom is 0.125 e. The Labute approximate surface area is 112 Å². The van der Waals surface area contributed by atoms with Crippen LogP contribution in [0.25, 0.3) is 0 Å². The maximum atomic E-state index is 6.12. The second-order valence-corrected chi connectivity index (χ2v) is 4.82. The van der Waals surface area contributed by atoms with Gasteiger partial charge in [-0.15, -0.1) is 0 Å². The largest absolute Gasteiger partial charge is 0.493 e. The Morgan fingerprint density at radius 2 is 2.39 bits per heavy atom. The first-order chi connectivity index (χ1) is 8.74. The minimum atomic E-state index is 0.0664. The molecule has 1 atom stereocenters. The molecular weight excluding hydrogens is 252 g/mol. The van der Waals surface area contributed by atoms with E-state index in [-0.39, 0.29) is 6.04 Å². The van der Waals surface area contributed by atoms with Crippen LogP contribution in [0.5, 0.6) is 5.75 Å². The van der Waals surface area contributed by atoms with Crippen molar-refractivity contribution in [2.75, 3.05) is 19.8 Å². The van der Waals surface area contributed by atoms with Gasteiger partial charge in [-0.2, -0.15) is 0 Å². The van der Waals surface area contributed by atoms with Crippen LogP contribution in [0.15, 0.2) is 12.1 Å². The summed E-state index contributed by atoms with van der Waals surface area (Å²) < 4.78 is 11.1. The Morgan fingerprint density at radius 1 is 1.56 bits per heavy atom. The van der Waals surface area contributed by atoms with Crippen molar-refractivity contribution in [1.82, 2.24) is 5.43 Å². The van der Waals surface area contributed by atoms with E-state index >= 15 is 0 Å². The van der Waals surface area contributed by atoms with Crippen LogP contribution < -0.4 is 16.0 Å². The third-order valence-corrected chi connectivity index (χ3v) is 3.27. The lowest BCUT2D eigenvalue weighted by Gasteiger charge is -2.17. The molecule has 0 saturated carbocycles. The molecule has 0 aromatic heterocycles. The highest BCUT2D eigenvalue weighted by Crippen LogP contribution is 2.33. The average Bonchev–Trinajstić information content (AvgIpc) is 2.82. The summed E-state index contributed by atoms with van der Waals surface area (Å²) in [6.45, 7) is 3.96. The lowest BCUT2D eigenvalue weighted by atomic mass is 10.0. The lowest BCUT2D eigenvalue weighted by molar-refractivity contribution is 0.122. The normalized spacial score (nSPS) is 15.3. The van der Waals surface area contributed by atoms with Gasteiger partial charge in [0.05, 0.1) is 13.2 Å². The van der Waals surface area contributed by atoms with Crippen LogP contribution in [0.2, 0.25) is 5.02 Å². The first-order valence-corrected chi connectivity index (χ1v) is 6.60. The van der Waals surface area contributed by atoms with Crippen molar-refractivity contribution in [3.8, 4) is 5.75 Å². The molecule has 5 heteroatoms. The Bertz CT molecular complexity index is 412. The van der Waals surface area contributed by atoms with Gasteiger partial charge < -0.3 is 9.47 Å². The molecule has 1 aliphatic rings. The number of nitrogens with one attached hydrogen (secondary N) is 1. The van der Waals surface area contributed by atoms with Crippen molar-refractivity contribution in [3.05, 3.63) is 28.3 Å². The number of benzene rings is 1. The molecule has 1 unspecified atom stereocenters. The molecular formula is C13H19ClN2O2. The number of ether oxygens (including phenoxy) is 2. The van der Waals surface area contributed by atoms with Gasteiger partial charge >= 0.3 is 0 Å². The van der Waals surface area contributed by atoms with Crippen LogP contribution >= 0.6 is 11.6 Å². The van der Waals surface area contributed by atoms with Crippen LogP contribution in [0.4, 0.5) is 0 Å². The quantitative estimate of drug-likeness (QED) is 0.610. The van der Waals surface area contributed by atoms with Crippen LogP contribution in [0.1, 0.15) is 18.1 Å². The average molecular weight is 271 g/mol. The molecule has 1 heterocycles. The highest BCUT2D eigenvalue weighted by Gasteiger charge is 2.19. The highest BCUT2D eigenvalue weighted by molar-refractivity contribution is 6.30. The summed E-state index contributed by atoms with van der Waals surface area (Å²) in [6, 6.07) is 3.99. The molecule has 1 aliphatic heterocycles. The molecule has 1 aromatic carbocycles. The zero-order valence-electron chi connectivity index (χ0n) is 10.5. The van der Waals surface area contributed by atoms with E-state index in [9.17, 15) is 0 Å². The summed E-state index contributed by atoms with van der Waals surface area (Å²) in [7, 11) is 0. The van der Waals surface area contributed by atoms with Crippen molar-refractivity contribution >= 4 is 11.6 Å². The first-order valence-electron chi connectivity index (χ1n) is 6.22. The SMILES string of the molecule is CCOCC(Cc1cc(Cl)cc2c1OCC2)NN. The van der Waals surface area contributed by atoms with Crippen LogP contribution in [-0.2, 0) is 17.6 Å². The fourth-order valence-corrected chi connectivity index (χ4v) is 2.45. The smallest absolute Gasteiger partial charge is 0.125 e. The molecule has 0 aliphatic carbocycles. The minimum absolute atomic E-state index is 0.0664. The molecule has 100 valence electrons. The van der Waals surface area contributed by atoms with Gasteiger partial charge in [-0.25, -0.2) is 0 Å².